The van der Waals surface area contributed by atoms with Gasteiger partial charge in [-0.2, -0.15) is 5.10 Å². The number of rotatable bonds is 2. The molecule has 3 unspecified atom stereocenters. The molecule has 1 aromatic rings. The molecule has 3 heterocycles. The molecule has 1 N–H and O–H groups in total. The summed E-state index contributed by atoms with van der Waals surface area (Å²) < 4.78 is 12.8. The predicted octanol–water partition coefficient (Wildman–Crippen LogP) is 1.90. The van der Waals surface area contributed by atoms with E-state index in [-0.39, 0.29) is 18.1 Å². The highest BCUT2D eigenvalue weighted by Gasteiger charge is 2.36. The topological polar surface area (TPSA) is 65.4 Å². The Morgan fingerprint density at radius 3 is 2.90 bits per heavy atom. The Morgan fingerprint density at radius 2 is 2.25 bits per heavy atom. The van der Waals surface area contributed by atoms with Gasteiger partial charge in [0, 0.05) is 6.54 Å². The zero-order chi connectivity index (χ0) is 14.3. The van der Waals surface area contributed by atoms with Crippen molar-refractivity contribution in [2.24, 2.45) is 0 Å². The number of nitrogens with zero attached hydrogens (tertiary/aromatic N) is 2. The molecule has 0 aliphatic carbocycles. The van der Waals surface area contributed by atoms with E-state index in [0.29, 0.717) is 17.4 Å². The average Bonchev–Trinajstić information content (AvgIpc) is 3.00. The second-order valence-corrected chi connectivity index (χ2v) is 5.59. The lowest BCUT2D eigenvalue weighted by Gasteiger charge is -2.30. The van der Waals surface area contributed by atoms with Crippen LogP contribution in [0.5, 0.6) is 0 Å². The molecule has 110 valence electrons. The standard InChI is InChI=1S/C14H21N3O3/c1-8-4-5-11(20-8)10-6-7-15-13-12(14(18)19-3)9(2)16-17(10)13/h8,10-11,15H,4-7H2,1-3H3. The summed E-state index contributed by atoms with van der Waals surface area (Å²) in [6.07, 6.45) is 3.61. The fraction of sp³-hybridized carbons (Fsp3) is 0.714. The van der Waals surface area contributed by atoms with Crippen LogP contribution in [-0.4, -0.2) is 41.6 Å². The van der Waals surface area contributed by atoms with Gasteiger partial charge in [0.2, 0.25) is 0 Å². The normalized spacial score (nSPS) is 28.9. The molecule has 0 bridgehead atoms. The van der Waals surface area contributed by atoms with E-state index in [9.17, 15) is 4.79 Å². The van der Waals surface area contributed by atoms with Gasteiger partial charge in [0.15, 0.2) is 0 Å². The summed E-state index contributed by atoms with van der Waals surface area (Å²) in [6.45, 7) is 4.78. The van der Waals surface area contributed by atoms with Crippen molar-refractivity contribution < 1.29 is 14.3 Å². The zero-order valence-corrected chi connectivity index (χ0v) is 12.2. The number of ether oxygens (including phenoxy) is 2. The Bertz CT molecular complexity index is 526. The number of carbonyl (C=O) groups is 1. The Balaban J connectivity index is 1.95. The summed E-state index contributed by atoms with van der Waals surface area (Å²) in [5.41, 5.74) is 1.25. The molecule has 0 saturated carbocycles. The quantitative estimate of drug-likeness (QED) is 0.838. The lowest BCUT2D eigenvalue weighted by Crippen LogP contribution is -2.32. The molecular weight excluding hydrogens is 258 g/mol. The molecule has 3 rings (SSSR count). The first-order valence-electron chi connectivity index (χ1n) is 7.18. The minimum atomic E-state index is -0.336. The van der Waals surface area contributed by atoms with Gasteiger partial charge in [0.25, 0.3) is 0 Å². The summed E-state index contributed by atoms with van der Waals surface area (Å²) in [5, 5.41) is 7.82. The van der Waals surface area contributed by atoms with Crippen LogP contribution in [0.15, 0.2) is 0 Å². The summed E-state index contributed by atoms with van der Waals surface area (Å²) in [4.78, 5) is 11.9. The van der Waals surface area contributed by atoms with Crippen molar-refractivity contribution >= 4 is 11.8 Å². The van der Waals surface area contributed by atoms with E-state index in [2.05, 4.69) is 17.3 Å². The van der Waals surface area contributed by atoms with Crippen LogP contribution in [0.3, 0.4) is 0 Å². The van der Waals surface area contributed by atoms with Crippen LogP contribution in [0.2, 0.25) is 0 Å². The van der Waals surface area contributed by atoms with E-state index < -0.39 is 0 Å². The molecule has 2 aliphatic rings. The molecule has 6 heteroatoms. The maximum absolute atomic E-state index is 11.9. The summed E-state index contributed by atoms with van der Waals surface area (Å²) in [6, 6.07) is 0.202. The van der Waals surface area contributed by atoms with Crippen LogP contribution in [0.25, 0.3) is 0 Å². The highest BCUT2D eigenvalue weighted by molar-refractivity contribution is 5.96. The van der Waals surface area contributed by atoms with Gasteiger partial charge in [-0.05, 0) is 33.1 Å². The fourth-order valence-electron chi connectivity index (χ4n) is 3.22. The van der Waals surface area contributed by atoms with Crippen molar-refractivity contribution in [1.82, 2.24) is 9.78 Å². The lowest BCUT2D eigenvalue weighted by atomic mass is 10.0. The first-order valence-corrected chi connectivity index (χ1v) is 7.18. The van der Waals surface area contributed by atoms with Gasteiger partial charge >= 0.3 is 5.97 Å². The van der Waals surface area contributed by atoms with E-state index in [0.717, 1.165) is 31.6 Å². The number of anilines is 1. The number of hydrogen-bond acceptors (Lipinski definition) is 5. The second-order valence-electron chi connectivity index (χ2n) is 5.59. The third kappa shape index (κ3) is 2.08. The Kier molecular flexibility index (Phi) is 3.41. The van der Waals surface area contributed by atoms with Crippen LogP contribution >= 0.6 is 0 Å². The first-order chi connectivity index (χ1) is 9.61. The average molecular weight is 279 g/mol. The van der Waals surface area contributed by atoms with Crippen LogP contribution in [0.1, 0.15) is 48.3 Å². The van der Waals surface area contributed by atoms with Gasteiger partial charge in [-0.15, -0.1) is 0 Å². The van der Waals surface area contributed by atoms with Crippen molar-refractivity contribution in [2.75, 3.05) is 19.0 Å². The van der Waals surface area contributed by atoms with E-state index in [4.69, 9.17) is 9.47 Å². The van der Waals surface area contributed by atoms with Crippen LogP contribution < -0.4 is 5.32 Å². The summed E-state index contributed by atoms with van der Waals surface area (Å²) in [7, 11) is 1.40. The van der Waals surface area contributed by atoms with E-state index >= 15 is 0 Å². The minimum absolute atomic E-state index is 0.190. The molecule has 3 atom stereocenters. The van der Waals surface area contributed by atoms with E-state index in [1.54, 1.807) is 0 Å². The molecule has 6 nitrogen and oxygen atoms in total. The second kappa shape index (κ2) is 5.09. The molecule has 0 aromatic carbocycles. The first kappa shape index (κ1) is 13.4. The number of esters is 1. The number of carbonyl (C=O) groups excluding carboxylic acids is 1. The van der Waals surface area contributed by atoms with Crippen molar-refractivity contribution in [1.29, 1.82) is 0 Å². The fourth-order valence-corrected chi connectivity index (χ4v) is 3.22. The van der Waals surface area contributed by atoms with Gasteiger partial charge in [-0.3, -0.25) is 0 Å². The van der Waals surface area contributed by atoms with Gasteiger partial charge in [0.05, 0.1) is 31.1 Å². The molecule has 2 aliphatic heterocycles. The Hall–Kier alpha value is -1.56. The third-order valence-corrected chi connectivity index (χ3v) is 4.22. The third-order valence-electron chi connectivity index (χ3n) is 4.22. The molecular formula is C14H21N3O3. The number of aromatic nitrogens is 2. The molecule has 1 fully saturated rings. The van der Waals surface area contributed by atoms with Gasteiger partial charge in [0.1, 0.15) is 11.4 Å². The van der Waals surface area contributed by atoms with Crippen molar-refractivity contribution in [3.63, 3.8) is 0 Å². The van der Waals surface area contributed by atoms with Crippen LogP contribution in [-0.2, 0) is 9.47 Å². The SMILES string of the molecule is COC(=O)c1c(C)nn2c1NCCC2C1CCC(C)O1. The molecule has 0 amide bonds. The number of fused-ring (bicyclic) bond motifs is 1. The zero-order valence-electron chi connectivity index (χ0n) is 12.2. The molecule has 1 saturated heterocycles. The molecule has 20 heavy (non-hydrogen) atoms. The number of aryl methyl sites for hydroxylation is 1. The molecule has 1 aromatic heterocycles. The largest absolute Gasteiger partial charge is 0.465 e. The van der Waals surface area contributed by atoms with E-state index in [1.165, 1.54) is 7.11 Å². The summed E-state index contributed by atoms with van der Waals surface area (Å²) in [5.74, 6) is 0.436. The molecule has 0 spiro atoms. The van der Waals surface area contributed by atoms with Crippen LogP contribution in [0.4, 0.5) is 5.82 Å². The number of nitrogens with one attached hydrogen (secondary N) is 1. The van der Waals surface area contributed by atoms with Gasteiger partial charge < -0.3 is 14.8 Å². The molecule has 0 radical (unpaired) electrons. The smallest absolute Gasteiger partial charge is 0.343 e. The Morgan fingerprint density at radius 1 is 1.45 bits per heavy atom. The maximum Gasteiger partial charge on any atom is 0.343 e. The number of hydrogen-bond donors (Lipinski definition) is 1. The predicted molar refractivity (Wildman–Crippen MR) is 74.0 cm³/mol. The van der Waals surface area contributed by atoms with Gasteiger partial charge in [-0.1, -0.05) is 0 Å². The number of methoxy groups -OCH3 is 1. The highest BCUT2D eigenvalue weighted by atomic mass is 16.5. The monoisotopic (exact) mass is 279 g/mol. The van der Waals surface area contributed by atoms with E-state index in [1.807, 2.05) is 11.6 Å². The Labute approximate surface area is 118 Å². The van der Waals surface area contributed by atoms with Gasteiger partial charge in [-0.25, -0.2) is 9.48 Å². The highest BCUT2D eigenvalue weighted by Crippen LogP contribution is 2.36. The maximum atomic E-state index is 11.9. The van der Waals surface area contributed by atoms with Crippen molar-refractivity contribution in [3.05, 3.63) is 11.3 Å². The van der Waals surface area contributed by atoms with Crippen molar-refractivity contribution in [2.45, 2.75) is 51.4 Å². The van der Waals surface area contributed by atoms with Crippen LogP contribution in [0, 0.1) is 6.92 Å². The lowest BCUT2D eigenvalue weighted by molar-refractivity contribution is 0.0172. The minimum Gasteiger partial charge on any atom is -0.465 e. The van der Waals surface area contributed by atoms with Crippen molar-refractivity contribution in [3.8, 4) is 0 Å². The summed E-state index contributed by atoms with van der Waals surface area (Å²) >= 11 is 0.